The smallest absolute Gasteiger partial charge is 0.162 e. The summed E-state index contributed by atoms with van der Waals surface area (Å²) in [5.74, 6) is 1.02. The van der Waals surface area contributed by atoms with E-state index in [1.165, 1.54) is 16.7 Å². The van der Waals surface area contributed by atoms with E-state index in [0.717, 1.165) is 19.3 Å². The summed E-state index contributed by atoms with van der Waals surface area (Å²) in [7, 11) is 0. The van der Waals surface area contributed by atoms with Crippen molar-refractivity contribution < 1.29 is 9.90 Å². The van der Waals surface area contributed by atoms with Crippen LogP contribution in [0.4, 0.5) is 0 Å². The minimum absolute atomic E-state index is 0.284. The second kappa shape index (κ2) is 6.54. The summed E-state index contributed by atoms with van der Waals surface area (Å²) in [5.41, 5.74) is 3.40. The van der Waals surface area contributed by atoms with Gasteiger partial charge in [0, 0.05) is 5.41 Å². The highest BCUT2D eigenvalue weighted by molar-refractivity contribution is 5.98. The molecule has 0 aliphatic heterocycles. The molecule has 0 spiro atoms. The summed E-state index contributed by atoms with van der Waals surface area (Å²) in [5, 5.41) is 10.1. The number of rotatable bonds is 1. The SMILES string of the molecule is C/C1=C\[C@@H](O)C/C(C)=C/C[C@]2(C)C(=O)C=C(C(C)C)[C@H]2CC1. The summed E-state index contributed by atoms with van der Waals surface area (Å²) in [6, 6.07) is 0. The molecule has 0 bridgehead atoms. The zero-order valence-corrected chi connectivity index (χ0v) is 14.6. The lowest BCUT2D eigenvalue weighted by atomic mass is 9.69. The Balaban J connectivity index is 2.39. The highest BCUT2D eigenvalue weighted by atomic mass is 16.3. The Bertz CT molecular complexity index is 536. The van der Waals surface area contributed by atoms with Gasteiger partial charge in [0.1, 0.15) is 0 Å². The van der Waals surface area contributed by atoms with Crippen LogP contribution in [-0.4, -0.2) is 17.0 Å². The lowest BCUT2D eigenvalue weighted by molar-refractivity contribution is -0.123. The summed E-state index contributed by atoms with van der Waals surface area (Å²) in [6.45, 7) is 10.6. The van der Waals surface area contributed by atoms with Crippen LogP contribution in [0.5, 0.6) is 0 Å². The van der Waals surface area contributed by atoms with Crippen LogP contribution >= 0.6 is 0 Å². The van der Waals surface area contributed by atoms with Crippen molar-refractivity contribution in [3.8, 4) is 0 Å². The molecule has 2 aliphatic carbocycles. The maximum Gasteiger partial charge on any atom is 0.162 e. The Labute approximate surface area is 135 Å². The molecule has 122 valence electrons. The highest BCUT2D eigenvalue weighted by Gasteiger charge is 2.46. The van der Waals surface area contributed by atoms with Gasteiger partial charge < -0.3 is 5.11 Å². The topological polar surface area (TPSA) is 37.3 Å². The fourth-order valence-corrected chi connectivity index (χ4v) is 3.90. The Morgan fingerprint density at radius 1 is 1.27 bits per heavy atom. The van der Waals surface area contributed by atoms with Gasteiger partial charge in [0.15, 0.2) is 5.78 Å². The first kappa shape index (κ1) is 17.2. The molecule has 0 saturated carbocycles. The minimum atomic E-state index is -0.405. The number of ketones is 1. The molecule has 0 aromatic carbocycles. The first-order valence-corrected chi connectivity index (χ1v) is 8.51. The van der Waals surface area contributed by atoms with Crippen molar-refractivity contribution in [3.05, 3.63) is 34.9 Å². The van der Waals surface area contributed by atoms with Crippen LogP contribution in [0, 0.1) is 17.3 Å². The molecular weight excluding hydrogens is 272 g/mol. The van der Waals surface area contributed by atoms with Gasteiger partial charge in [-0.05, 0) is 57.4 Å². The fourth-order valence-electron chi connectivity index (χ4n) is 3.90. The molecule has 1 N–H and O–H groups in total. The molecule has 22 heavy (non-hydrogen) atoms. The average molecular weight is 302 g/mol. The van der Waals surface area contributed by atoms with E-state index in [4.69, 9.17) is 0 Å². The normalized spacial score (nSPS) is 38.5. The van der Waals surface area contributed by atoms with Crippen molar-refractivity contribution in [1.29, 1.82) is 0 Å². The zero-order valence-electron chi connectivity index (χ0n) is 14.6. The van der Waals surface area contributed by atoms with Crippen LogP contribution in [0.15, 0.2) is 34.9 Å². The van der Waals surface area contributed by atoms with Crippen LogP contribution in [0.2, 0.25) is 0 Å². The summed E-state index contributed by atoms with van der Waals surface area (Å²) in [4.78, 5) is 12.7. The molecule has 2 rings (SSSR count). The van der Waals surface area contributed by atoms with Gasteiger partial charge in [-0.15, -0.1) is 0 Å². The summed E-state index contributed by atoms with van der Waals surface area (Å²) < 4.78 is 0. The molecule has 2 heteroatoms. The second-order valence-corrected chi connectivity index (χ2v) is 7.71. The predicted octanol–water partition coefficient (Wildman–Crippen LogP) is 4.60. The Kier molecular flexibility index (Phi) is 5.11. The molecule has 0 saturated heterocycles. The van der Waals surface area contributed by atoms with E-state index in [1.54, 1.807) is 0 Å². The Morgan fingerprint density at radius 3 is 2.59 bits per heavy atom. The number of hydrogen-bond acceptors (Lipinski definition) is 2. The molecule has 0 aromatic heterocycles. The van der Waals surface area contributed by atoms with Gasteiger partial charge in [-0.3, -0.25) is 4.79 Å². The fraction of sp³-hybridized carbons (Fsp3) is 0.650. The van der Waals surface area contributed by atoms with E-state index < -0.39 is 6.10 Å². The van der Waals surface area contributed by atoms with E-state index in [0.29, 0.717) is 18.3 Å². The quantitative estimate of drug-likeness (QED) is 0.719. The van der Waals surface area contributed by atoms with Gasteiger partial charge in [-0.1, -0.05) is 49.6 Å². The van der Waals surface area contributed by atoms with E-state index in [2.05, 4.69) is 40.7 Å². The number of carbonyl (C=O) groups is 1. The van der Waals surface area contributed by atoms with Gasteiger partial charge in [0.2, 0.25) is 0 Å². The van der Waals surface area contributed by atoms with E-state index >= 15 is 0 Å². The van der Waals surface area contributed by atoms with Crippen molar-refractivity contribution in [2.24, 2.45) is 17.3 Å². The lowest BCUT2D eigenvalue weighted by Crippen LogP contribution is -2.31. The molecular formula is C20H30O2. The molecule has 0 amide bonds. The third-order valence-electron chi connectivity index (χ3n) is 5.41. The first-order chi connectivity index (χ1) is 10.2. The number of allylic oxidation sites excluding steroid dienone is 4. The molecule has 2 aliphatic rings. The molecule has 0 heterocycles. The minimum Gasteiger partial charge on any atom is -0.389 e. The molecule has 0 unspecified atom stereocenters. The first-order valence-electron chi connectivity index (χ1n) is 8.51. The number of fused-ring (bicyclic) bond motifs is 1. The third kappa shape index (κ3) is 3.43. The van der Waals surface area contributed by atoms with Crippen molar-refractivity contribution in [2.45, 2.75) is 66.4 Å². The standard InChI is InChI=1S/C20H30O2/c1-13(2)17-12-19(22)20(5)9-8-15(4)11-16(21)10-14(3)6-7-18(17)20/h8,10,12-13,16,18,21H,6-7,9,11H2,1-5H3/b14-10+,15-8+/t16-,18-,20+/m1/s1. The van der Waals surface area contributed by atoms with Crippen LogP contribution in [-0.2, 0) is 4.79 Å². The zero-order chi connectivity index (χ0) is 16.5. The Hall–Kier alpha value is -1.15. The van der Waals surface area contributed by atoms with Crippen LogP contribution < -0.4 is 0 Å². The van der Waals surface area contributed by atoms with Gasteiger partial charge in [-0.25, -0.2) is 0 Å². The van der Waals surface area contributed by atoms with Crippen molar-refractivity contribution in [3.63, 3.8) is 0 Å². The molecule has 3 atom stereocenters. The molecule has 2 nitrogen and oxygen atoms in total. The number of carbonyl (C=O) groups excluding carboxylic acids is 1. The summed E-state index contributed by atoms with van der Waals surface area (Å²) >= 11 is 0. The van der Waals surface area contributed by atoms with Crippen molar-refractivity contribution in [2.75, 3.05) is 0 Å². The molecule has 0 aromatic rings. The van der Waals surface area contributed by atoms with Crippen molar-refractivity contribution in [1.82, 2.24) is 0 Å². The largest absolute Gasteiger partial charge is 0.389 e. The molecule has 0 radical (unpaired) electrons. The van der Waals surface area contributed by atoms with E-state index in [-0.39, 0.29) is 11.2 Å². The van der Waals surface area contributed by atoms with Crippen LogP contribution in [0.1, 0.15) is 60.3 Å². The second-order valence-electron chi connectivity index (χ2n) is 7.71. The maximum absolute atomic E-state index is 12.7. The number of aliphatic hydroxyl groups excluding tert-OH is 1. The molecule has 0 fully saturated rings. The van der Waals surface area contributed by atoms with Crippen LogP contribution in [0.25, 0.3) is 0 Å². The number of hydrogen-bond donors (Lipinski definition) is 1. The monoisotopic (exact) mass is 302 g/mol. The third-order valence-corrected chi connectivity index (χ3v) is 5.41. The van der Waals surface area contributed by atoms with Crippen LogP contribution in [0.3, 0.4) is 0 Å². The van der Waals surface area contributed by atoms with E-state index in [9.17, 15) is 9.90 Å². The Morgan fingerprint density at radius 2 is 1.95 bits per heavy atom. The maximum atomic E-state index is 12.7. The van der Waals surface area contributed by atoms with E-state index in [1.807, 2.05) is 12.2 Å². The van der Waals surface area contributed by atoms with Gasteiger partial charge in [0.25, 0.3) is 0 Å². The van der Waals surface area contributed by atoms with Gasteiger partial charge in [-0.2, -0.15) is 0 Å². The summed E-state index contributed by atoms with van der Waals surface area (Å²) in [6.07, 6.45) is 9.05. The highest BCUT2D eigenvalue weighted by Crippen LogP contribution is 2.48. The van der Waals surface area contributed by atoms with Gasteiger partial charge >= 0.3 is 0 Å². The number of aliphatic hydroxyl groups is 1. The predicted molar refractivity (Wildman–Crippen MR) is 91.5 cm³/mol. The van der Waals surface area contributed by atoms with Crippen molar-refractivity contribution >= 4 is 5.78 Å². The van der Waals surface area contributed by atoms with Gasteiger partial charge in [0.05, 0.1) is 6.10 Å². The average Bonchev–Trinajstić information content (AvgIpc) is 2.65. The lowest BCUT2D eigenvalue weighted by Gasteiger charge is -2.33.